The summed E-state index contributed by atoms with van der Waals surface area (Å²) < 4.78 is 0. The molecule has 1 aromatic carbocycles. The fourth-order valence-electron chi connectivity index (χ4n) is 4.82. The predicted octanol–water partition coefficient (Wildman–Crippen LogP) is 5.57. The number of carbonyl (C=O) groups is 2. The highest BCUT2D eigenvalue weighted by atomic mass is 32.1. The second-order valence-electron chi connectivity index (χ2n) is 8.02. The lowest BCUT2D eigenvalue weighted by Crippen LogP contribution is -2.47. The van der Waals surface area contributed by atoms with E-state index in [1.54, 1.807) is 0 Å². The Hall–Kier alpha value is -2.14. The number of benzene rings is 1. The zero-order valence-corrected chi connectivity index (χ0v) is 16.9. The van der Waals surface area contributed by atoms with Gasteiger partial charge in [-0.3, -0.25) is 4.79 Å². The number of thiophene rings is 1. The number of rotatable bonds is 5. The van der Waals surface area contributed by atoms with E-state index in [0.717, 1.165) is 28.8 Å². The first-order chi connectivity index (χ1) is 13.6. The first-order valence-electron chi connectivity index (χ1n) is 10.3. The first-order valence-corrected chi connectivity index (χ1v) is 11.2. The van der Waals surface area contributed by atoms with Gasteiger partial charge in [-0.05, 0) is 48.8 Å². The van der Waals surface area contributed by atoms with Crippen molar-refractivity contribution in [3.63, 3.8) is 0 Å². The van der Waals surface area contributed by atoms with Crippen LogP contribution in [-0.4, -0.2) is 27.9 Å². The van der Waals surface area contributed by atoms with Crippen LogP contribution in [0.4, 0.5) is 0 Å². The zero-order chi connectivity index (χ0) is 19.5. The molecule has 2 aliphatic rings. The topological polar surface area (TPSA) is 57.6 Å². The Morgan fingerprint density at radius 1 is 1.07 bits per heavy atom. The molecule has 0 bridgehead atoms. The van der Waals surface area contributed by atoms with Gasteiger partial charge in [-0.15, -0.1) is 11.3 Å². The van der Waals surface area contributed by atoms with Gasteiger partial charge in [0.15, 0.2) is 0 Å². The van der Waals surface area contributed by atoms with Gasteiger partial charge in [0, 0.05) is 23.9 Å². The molecule has 0 spiro atoms. The van der Waals surface area contributed by atoms with Crippen LogP contribution in [0.3, 0.4) is 0 Å². The molecular weight excluding hydrogens is 370 g/mol. The molecule has 1 saturated heterocycles. The van der Waals surface area contributed by atoms with E-state index in [2.05, 4.69) is 0 Å². The Morgan fingerprint density at radius 3 is 2.54 bits per heavy atom. The van der Waals surface area contributed by atoms with Gasteiger partial charge in [-0.1, -0.05) is 49.6 Å². The summed E-state index contributed by atoms with van der Waals surface area (Å²) in [7, 11) is 0. The van der Waals surface area contributed by atoms with Crippen molar-refractivity contribution in [3.8, 4) is 10.4 Å². The van der Waals surface area contributed by atoms with Crippen molar-refractivity contribution in [2.24, 2.45) is 5.92 Å². The van der Waals surface area contributed by atoms with Crippen molar-refractivity contribution >= 4 is 23.2 Å². The van der Waals surface area contributed by atoms with Crippen LogP contribution < -0.4 is 0 Å². The lowest BCUT2D eigenvalue weighted by molar-refractivity contribution is -0.139. The molecule has 0 radical (unpaired) electrons. The van der Waals surface area contributed by atoms with Crippen LogP contribution in [0.25, 0.3) is 10.4 Å². The second-order valence-corrected chi connectivity index (χ2v) is 9.07. The number of carboxylic acids is 1. The maximum atomic E-state index is 12.8. The monoisotopic (exact) mass is 397 g/mol. The Bertz CT molecular complexity index is 839. The van der Waals surface area contributed by atoms with Crippen molar-refractivity contribution in [2.45, 2.75) is 64.0 Å². The molecule has 1 amide bonds. The minimum absolute atomic E-state index is 0.186. The van der Waals surface area contributed by atoms with Gasteiger partial charge in [0.2, 0.25) is 5.91 Å². The summed E-state index contributed by atoms with van der Waals surface area (Å²) in [6, 6.07) is 12.1. The smallest absolute Gasteiger partial charge is 0.346 e. The Morgan fingerprint density at radius 2 is 1.82 bits per heavy atom. The number of carbonyl (C=O) groups excluding carboxylic acids is 1. The molecule has 2 aromatic rings. The van der Waals surface area contributed by atoms with Crippen molar-refractivity contribution in [2.75, 3.05) is 0 Å². The molecule has 1 aromatic heterocycles. The third-order valence-corrected chi connectivity index (χ3v) is 7.42. The van der Waals surface area contributed by atoms with Crippen molar-refractivity contribution < 1.29 is 14.7 Å². The molecule has 1 saturated carbocycles. The summed E-state index contributed by atoms with van der Waals surface area (Å²) in [4.78, 5) is 28.0. The van der Waals surface area contributed by atoms with Crippen molar-refractivity contribution in [3.05, 3.63) is 46.8 Å². The van der Waals surface area contributed by atoms with Gasteiger partial charge < -0.3 is 10.0 Å². The standard InChI is InChI=1S/C23H27NO3S/c25-21-13-7-12-19(16-8-3-1-4-9-16)24(21)15-18-14-20(28-22(18)23(26)27)17-10-5-2-6-11-17/h2,5-6,10-11,14,16,19H,1,3-4,7-9,12-13,15H2,(H,26,27). The number of hydrogen-bond acceptors (Lipinski definition) is 3. The molecule has 28 heavy (non-hydrogen) atoms. The summed E-state index contributed by atoms with van der Waals surface area (Å²) in [5.74, 6) is -0.148. The minimum atomic E-state index is -0.902. The number of nitrogens with zero attached hydrogens (tertiary/aromatic N) is 1. The Labute approximate surface area is 170 Å². The highest BCUT2D eigenvalue weighted by Crippen LogP contribution is 2.37. The number of aromatic carboxylic acids is 1. The van der Waals surface area contributed by atoms with E-state index in [1.165, 1.54) is 43.4 Å². The van der Waals surface area contributed by atoms with Gasteiger partial charge in [0.1, 0.15) is 4.88 Å². The lowest BCUT2D eigenvalue weighted by atomic mass is 9.79. The SMILES string of the molecule is O=C(O)c1sc(-c2ccccc2)cc1CN1C(=O)CCCC1C1CCCCC1. The molecule has 148 valence electrons. The summed E-state index contributed by atoms with van der Waals surface area (Å²) in [6.45, 7) is 0.422. The Kier molecular flexibility index (Phi) is 5.81. The molecule has 1 aliphatic carbocycles. The number of carboxylic acid groups (broad SMARTS) is 1. The third kappa shape index (κ3) is 4.00. The number of likely N-dealkylation sites (tertiary alicyclic amines) is 1. The largest absolute Gasteiger partial charge is 0.477 e. The van der Waals surface area contributed by atoms with E-state index >= 15 is 0 Å². The first kappa shape index (κ1) is 19.2. The maximum Gasteiger partial charge on any atom is 0.346 e. The molecule has 2 heterocycles. The maximum absolute atomic E-state index is 12.8. The molecule has 1 unspecified atom stereocenters. The molecule has 1 N–H and O–H groups in total. The van der Waals surface area contributed by atoms with Crippen LogP contribution in [-0.2, 0) is 11.3 Å². The van der Waals surface area contributed by atoms with E-state index in [9.17, 15) is 14.7 Å². The fourth-order valence-corrected chi connectivity index (χ4v) is 5.83. The number of piperidine rings is 1. The van der Waals surface area contributed by atoms with Gasteiger partial charge in [0.25, 0.3) is 0 Å². The average molecular weight is 398 g/mol. The molecule has 1 atom stereocenters. The van der Waals surface area contributed by atoms with Gasteiger partial charge in [-0.2, -0.15) is 0 Å². The molecule has 1 aliphatic heterocycles. The van der Waals surface area contributed by atoms with Gasteiger partial charge in [0.05, 0.1) is 0 Å². The average Bonchev–Trinajstić information content (AvgIpc) is 3.15. The minimum Gasteiger partial charge on any atom is -0.477 e. The summed E-state index contributed by atoms with van der Waals surface area (Å²) in [6.07, 6.45) is 8.78. The van der Waals surface area contributed by atoms with Crippen molar-refractivity contribution in [1.29, 1.82) is 0 Å². The molecule has 4 nitrogen and oxygen atoms in total. The molecule has 2 fully saturated rings. The van der Waals surface area contributed by atoms with Crippen LogP contribution in [0, 0.1) is 5.92 Å². The highest BCUT2D eigenvalue weighted by Gasteiger charge is 2.35. The van der Waals surface area contributed by atoms with Crippen LogP contribution in [0.2, 0.25) is 0 Å². The quantitative estimate of drug-likeness (QED) is 0.717. The predicted molar refractivity (Wildman–Crippen MR) is 111 cm³/mol. The summed E-state index contributed by atoms with van der Waals surface area (Å²) >= 11 is 1.31. The molecule has 4 rings (SSSR count). The third-order valence-electron chi connectivity index (χ3n) is 6.21. The molecular formula is C23H27NO3S. The van der Waals surface area contributed by atoms with Crippen LogP contribution >= 0.6 is 11.3 Å². The summed E-state index contributed by atoms with van der Waals surface area (Å²) in [5.41, 5.74) is 1.79. The summed E-state index contributed by atoms with van der Waals surface area (Å²) in [5, 5.41) is 9.74. The van der Waals surface area contributed by atoms with Crippen LogP contribution in [0.1, 0.15) is 66.6 Å². The van der Waals surface area contributed by atoms with E-state index in [1.807, 2.05) is 41.3 Å². The van der Waals surface area contributed by atoms with Gasteiger partial charge in [-0.25, -0.2) is 4.79 Å². The normalized spacial score (nSPS) is 21.1. The van der Waals surface area contributed by atoms with Crippen LogP contribution in [0.5, 0.6) is 0 Å². The highest BCUT2D eigenvalue weighted by molar-refractivity contribution is 7.17. The lowest BCUT2D eigenvalue weighted by Gasteiger charge is -2.42. The number of amides is 1. The Balaban J connectivity index is 1.63. The van der Waals surface area contributed by atoms with Crippen molar-refractivity contribution in [1.82, 2.24) is 4.90 Å². The fraction of sp³-hybridized carbons (Fsp3) is 0.478. The van der Waals surface area contributed by atoms with Crippen LogP contribution in [0.15, 0.2) is 36.4 Å². The van der Waals surface area contributed by atoms with E-state index in [-0.39, 0.29) is 11.9 Å². The van der Waals surface area contributed by atoms with E-state index in [4.69, 9.17) is 0 Å². The zero-order valence-electron chi connectivity index (χ0n) is 16.1. The molecule has 5 heteroatoms. The van der Waals surface area contributed by atoms with E-state index in [0.29, 0.717) is 23.8 Å². The number of hydrogen-bond donors (Lipinski definition) is 1. The van der Waals surface area contributed by atoms with E-state index < -0.39 is 5.97 Å². The second kappa shape index (κ2) is 8.48. The van der Waals surface area contributed by atoms with Gasteiger partial charge >= 0.3 is 5.97 Å².